The highest BCUT2D eigenvalue weighted by molar-refractivity contribution is 5.93. The Morgan fingerprint density at radius 2 is 1.67 bits per heavy atom. The first-order valence-electron chi connectivity index (χ1n) is 3.53. The van der Waals surface area contributed by atoms with Gasteiger partial charge in [-0.25, -0.2) is 9.98 Å². The molecule has 0 saturated heterocycles. The van der Waals surface area contributed by atoms with E-state index in [-0.39, 0.29) is 11.6 Å². The number of hydrogen-bond acceptors (Lipinski definition) is 2. The monoisotopic (exact) mass is 158 g/mol. The third-order valence-electron chi connectivity index (χ3n) is 1.61. The lowest BCUT2D eigenvalue weighted by Gasteiger charge is -1.98. The molecule has 3 nitrogen and oxygen atoms in total. The van der Waals surface area contributed by atoms with Crippen LogP contribution in [0.5, 0.6) is 0 Å². The molecule has 1 heterocycles. The summed E-state index contributed by atoms with van der Waals surface area (Å²) >= 11 is 0. The van der Waals surface area contributed by atoms with Crippen molar-refractivity contribution in [3.63, 3.8) is 0 Å². The van der Waals surface area contributed by atoms with Gasteiger partial charge in [0.15, 0.2) is 0 Å². The van der Waals surface area contributed by atoms with E-state index in [4.69, 9.17) is 0 Å². The minimum atomic E-state index is -0.353. The molecule has 0 atom stereocenters. The van der Waals surface area contributed by atoms with Crippen LogP contribution in [0.15, 0.2) is 46.5 Å². The Kier molecular flexibility index (Phi) is 1.37. The maximum absolute atomic E-state index is 11.0. The number of amides is 1. The molecule has 1 aromatic carbocycles. The Balaban J connectivity index is 2.87. The largest absolute Gasteiger partial charge is 0.295 e. The van der Waals surface area contributed by atoms with E-state index in [2.05, 4.69) is 16.6 Å². The van der Waals surface area contributed by atoms with Crippen LogP contribution in [-0.2, 0) is 4.79 Å². The van der Waals surface area contributed by atoms with Gasteiger partial charge in [-0.05, 0) is 12.1 Å². The van der Waals surface area contributed by atoms with Gasteiger partial charge in [0.25, 0.3) is 5.91 Å². The van der Waals surface area contributed by atoms with E-state index in [0.29, 0.717) is 10.7 Å². The van der Waals surface area contributed by atoms with Crippen molar-refractivity contribution in [2.24, 2.45) is 9.98 Å². The van der Waals surface area contributed by atoms with E-state index in [1.165, 1.54) is 0 Å². The molecule has 0 radical (unpaired) electrons. The highest BCUT2D eigenvalue weighted by Gasteiger charge is 2.07. The lowest BCUT2D eigenvalue weighted by molar-refractivity contribution is -0.114. The molecule has 1 aromatic rings. The van der Waals surface area contributed by atoms with Crippen molar-refractivity contribution in [1.29, 1.82) is 0 Å². The van der Waals surface area contributed by atoms with Crippen LogP contribution < -0.4 is 10.7 Å². The van der Waals surface area contributed by atoms with E-state index in [1.807, 2.05) is 12.1 Å². The second kappa shape index (κ2) is 2.37. The normalized spacial score (nSPS) is 14.7. The number of carbonyl (C=O) groups is 1. The Labute approximate surface area is 68.8 Å². The topological polar surface area (TPSA) is 41.8 Å². The summed E-state index contributed by atoms with van der Waals surface area (Å²) < 4.78 is 0. The Morgan fingerprint density at radius 1 is 1.08 bits per heavy atom. The molecule has 2 rings (SSSR count). The van der Waals surface area contributed by atoms with Crippen LogP contribution in [0, 0.1) is 0 Å². The van der Waals surface area contributed by atoms with Gasteiger partial charge >= 0.3 is 0 Å². The molecular weight excluding hydrogens is 152 g/mol. The molecule has 0 fully saturated rings. The zero-order valence-corrected chi connectivity index (χ0v) is 6.32. The van der Waals surface area contributed by atoms with Gasteiger partial charge in [-0.15, -0.1) is 0 Å². The van der Waals surface area contributed by atoms with Crippen molar-refractivity contribution in [2.75, 3.05) is 0 Å². The van der Waals surface area contributed by atoms with Gasteiger partial charge in [0.1, 0.15) is 5.70 Å². The zero-order chi connectivity index (χ0) is 8.55. The van der Waals surface area contributed by atoms with Gasteiger partial charge in [-0.2, -0.15) is 0 Å². The minimum absolute atomic E-state index is 0.203. The van der Waals surface area contributed by atoms with Crippen molar-refractivity contribution in [3.8, 4) is 0 Å². The van der Waals surface area contributed by atoms with E-state index < -0.39 is 0 Å². The molecule has 0 N–H and O–H groups in total. The smallest absolute Gasteiger partial charge is 0.265 e. The van der Waals surface area contributed by atoms with Crippen LogP contribution in [0.4, 0.5) is 0 Å². The number of rotatable bonds is 0. The molecule has 0 spiro atoms. The van der Waals surface area contributed by atoms with Crippen molar-refractivity contribution >= 4 is 5.91 Å². The molecule has 0 aromatic heterocycles. The fourth-order valence-corrected chi connectivity index (χ4v) is 1.02. The molecule has 1 aliphatic heterocycles. The van der Waals surface area contributed by atoms with Crippen LogP contribution in [0.25, 0.3) is 0 Å². The SMILES string of the molecule is C=C1N=c2ccccc2=NC1=O. The summed E-state index contributed by atoms with van der Waals surface area (Å²) in [5.74, 6) is -0.353. The fourth-order valence-electron chi connectivity index (χ4n) is 1.02. The first kappa shape index (κ1) is 6.91. The lowest BCUT2D eigenvalue weighted by Crippen LogP contribution is -2.30. The summed E-state index contributed by atoms with van der Waals surface area (Å²) in [5, 5.41) is 1.33. The van der Waals surface area contributed by atoms with E-state index in [9.17, 15) is 4.79 Å². The standard InChI is InChI=1S/C9H6N2O/c1-6-9(12)11-8-5-3-2-4-7(8)10-6/h2-5H,1H2. The Morgan fingerprint density at radius 3 is 2.33 bits per heavy atom. The summed E-state index contributed by atoms with van der Waals surface area (Å²) in [6.07, 6.45) is 0. The second-order valence-electron chi connectivity index (χ2n) is 2.46. The van der Waals surface area contributed by atoms with Gasteiger partial charge in [0.05, 0.1) is 10.7 Å². The van der Waals surface area contributed by atoms with Crippen LogP contribution in [-0.4, -0.2) is 5.91 Å². The van der Waals surface area contributed by atoms with Crippen LogP contribution in [0.1, 0.15) is 0 Å². The first-order chi connectivity index (χ1) is 5.77. The molecule has 0 saturated carbocycles. The van der Waals surface area contributed by atoms with Gasteiger partial charge in [-0.1, -0.05) is 18.7 Å². The van der Waals surface area contributed by atoms with Crippen LogP contribution >= 0.6 is 0 Å². The molecule has 3 heteroatoms. The van der Waals surface area contributed by atoms with Gasteiger partial charge in [-0.3, -0.25) is 4.79 Å². The molecule has 1 aliphatic rings. The molecule has 0 bridgehead atoms. The van der Waals surface area contributed by atoms with E-state index in [0.717, 1.165) is 0 Å². The Bertz CT molecular complexity index is 429. The molecular formula is C9H6N2O. The van der Waals surface area contributed by atoms with Gasteiger partial charge < -0.3 is 0 Å². The predicted octanol–water partition coefficient (Wildman–Crippen LogP) is -0.0203. The summed E-state index contributed by atoms with van der Waals surface area (Å²) in [7, 11) is 0. The zero-order valence-electron chi connectivity index (χ0n) is 6.32. The summed E-state index contributed by atoms with van der Waals surface area (Å²) in [6, 6.07) is 7.22. The minimum Gasteiger partial charge on any atom is -0.265 e. The average molecular weight is 158 g/mol. The number of benzene rings is 1. The van der Waals surface area contributed by atoms with Crippen LogP contribution in [0.3, 0.4) is 0 Å². The molecule has 12 heavy (non-hydrogen) atoms. The van der Waals surface area contributed by atoms with E-state index in [1.54, 1.807) is 12.1 Å². The maximum Gasteiger partial charge on any atom is 0.295 e. The molecule has 1 amide bonds. The predicted molar refractivity (Wildman–Crippen MR) is 42.9 cm³/mol. The lowest BCUT2D eigenvalue weighted by atomic mass is 10.3. The fraction of sp³-hybridized carbons (Fsp3) is 0. The summed E-state index contributed by atoms with van der Waals surface area (Å²) in [5.41, 5.74) is 0.203. The first-order valence-corrected chi connectivity index (χ1v) is 3.53. The number of fused-ring (bicyclic) bond motifs is 1. The molecule has 58 valence electrons. The summed E-state index contributed by atoms with van der Waals surface area (Å²) in [6.45, 7) is 3.48. The van der Waals surface area contributed by atoms with Crippen LogP contribution in [0.2, 0.25) is 0 Å². The Hall–Kier alpha value is -1.77. The van der Waals surface area contributed by atoms with Crippen molar-refractivity contribution in [2.45, 2.75) is 0 Å². The van der Waals surface area contributed by atoms with Crippen molar-refractivity contribution in [3.05, 3.63) is 47.3 Å². The molecule has 0 unspecified atom stereocenters. The average Bonchev–Trinajstić information content (AvgIpc) is 2.07. The van der Waals surface area contributed by atoms with Crippen molar-refractivity contribution in [1.82, 2.24) is 0 Å². The molecule has 0 aliphatic carbocycles. The number of carbonyl (C=O) groups excluding carboxylic acids is 1. The van der Waals surface area contributed by atoms with Gasteiger partial charge in [0, 0.05) is 0 Å². The third kappa shape index (κ3) is 0.955. The highest BCUT2D eigenvalue weighted by atomic mass is 16.1. The second-order valence-corrected chi connectivity index (χ2v) is 2.46. The highest BCUT2D eigenvalue weighted by Crippen LogP contribution is 1.95. The number of nitrogens with zero attached hydrogens (tertiary/aromatic N) is 2. The quantitative estimate of drug-likeness (QED) is 0.489. The van der Waals surface area contributed by atoms with Gasteiger partial charge in [0.2, 0.25) is 0 Å². The van der Waals surface area contributed by atoms with Crippen molar-refractivity contribution < 1.29 is 4.79 Å². The third-order valence-corrected chi connectivity index (χ3v) is 1.61. The number of para-hydroxylation sites is 2. The maximum atomic E-state index is 11.0. The number of hydrogen-bond donors (Lipinski definition) is 0. The summed E-state index contributed by atoms with van der Waals surface area (Å²) in [4.78, 5) is 18.8. The van der Waals surface area contributed by atoms with E-state index >= 15 is 0 Å².